The molecular formula is C27H27ClF2N2O2S. The topological polar surface area (TPSA) is 50.7 Å². The number of rotatable bonds is 6. The highest BCUT2D eigenvalue weighted by Gasteiger charge is 2.33. The molecular weight excluding hydrogens is 490 g/mol. The Balaban J connectivity index is 1.64. The number of thiophene rings is 1. The van der Waals surface area contributed by atoms with Crippen LogP contribution in [0, 0.1) is 11.3 Å². The van der Waals surface area contributed by atoms with Crippen LogP contribution in [-0.4, -0.2) is 18.7 Å². The smallest absolute Gasteiger partial charge is 0.387 e. The fourth-order valence-electron chi connectivity index (χ4n) is 4.23. The predicted octanol–water partition coefficient (Wildman–Crippen LogP) is 8.16. The van der Waals surface area contributed by atoms with Gasteiger partial charge in [-0.3, -0.25) is 4.79 Å². The summed E-state index contributed by atoms with van der Waals surface area (Å²) in [5, 5.41) is 4.21. The van der Waals surface area contributed by atoms with E-state index >= 15 is 0 Å². The molecule has 0 radical (unpaired) electrons. The quantitative estimate of drug-likeness (QED) is 0.336. The molecule has 4 nitrogen and oxygen atoms in total. The molecule has 0 aliphatic heterocycles. The minimum absolute atomic E-state index is 0.0833. The molecule has 1 amide bonds. The van der Waals surface area contributed by atoms with Crippen LogP contribution in [0.4, 0.5) is 19.5 Å². The van der Waals surface area contributed by atoms with Gasteiger partial charge in [0, 0.05) is 21.8 Å². The van der Waals surface area contributed by atoms with Crippen molar-refractivity contribution in [1.82, 2.24) is 0 Å². The summed E-state index contributed by atoms with van der Waals surface area (Å²) in [6.45, 7) is 3.89. The van der Waals surface area contributed by atoms with E-state index in [0.717, 1.165) is 30.4 Å². The Bertz CT molecular complexity index is 1220. The molecule has 8 heteroatoms. The van der Waals surface area contributed by atoms with Crippen LogP contribution in [0.1, 0.15) is 53.6 Å². The second-order valence-corrected chi connectivity index (χ2v) is 11.2. The molecule has 1 N–H and O–H groups in total. The minimum Gasteiger partial charge on any atom is -0.435 e. The van der Waals surface area contributed by atoms with E-state index in [2.05, 4.69) is 35.8 Å². The molecule has 1 aromatic heterocycles. The second kappa shape index (κ2) is 10.5. The molecule has 0 saturated heterocycles. The molecule has 184 valence electrons. The van der Waals surface area contributed by atoms with Crippen LogP contribution < -0.4 is 10.1 Å². The Hall–Kier alpha value is -2.77. The summed E-state index contributed by atoms with van der Waals surface area (Å²) in [6, 6.07) is 13.2. The van der Waals surface area contributed by atoms with Gasteiger partial charge < -0.3 is 10.1 Å². The number of ether oxygens (including phenoxy) is 1. The number of alkyl halides is 2. The van der Waals surface area contributed by atoms with Crippen molar-refractivity contribution in [1.29, 1.82) is 0 Å². The summed E-state index contributed by atoms with van der Waals surface area (Å²) in [6.07, 6.45) is 4.40. The van der Waals surface area contributed by atoms with Crippen LogP contribution in [0.3, 0.4) is 0 Å². The van der Waals surface area contributed by atoms with Gasteiger partial charge in [-0.2, -0.15) is 8.78 Å². The van der Waals surface area contributed by atoms with Gasteiger partial charge in [0.2, 0.25) is 0 Å². The van der Waals surface area contributed by atoms with Gasteiger partial charge in [-0.25, -0.2) is 4.99 Å². The molecule has 1 aliphatic rings. The normalized spacial score (nSPS) is 15.9. The fraction of sp³-hybridized carbons (Fsp3) is 0.333. The Morgan fingerprint density at radius 2 is 1.86 bits per heavy atom. The largest absolute Gasteiger partial charge is 0.435 e. The summed E-state index contributed by atoms with van der Waals surface area (Å²) in [4.78, 5) is 19.2. The maximum absolute atomic E-state index is 13.4. The maximum atomic E-state index is 13.4. The number of amides is 1. The van der Waals surface area contributed by atoms with E-state index in [4.69, 9.17) is 11.6 Å². The van der Waals surface area contributed by atoms with Gasteiger partial charge in [-0.05, 0) is 90.3 Å². The first-order chi connectivity index (χ1) is 16.6. The summed E-state index contributed by atoms with van der Waals surface area (Å²) in [7, 11) is 0. The van der Waals surface area contributed by atoms with Crippen LogP contribution >= 0.6 is 22.9 Å². The van der Waals surface area contributed by atoms with Crippen molar-refractivity contribution in [3.05, 3.63) is 75.1 Å². The van der Waals surface area contributed by atoms with Crippen molar-refractivity contribution >= 4 is 45.7 Å². The summed E-state index contributed by atoms with van der Waals surface area (Å²) in [5.41, 5.74) is 3.22. The number of anilines is 1. The average Bonchev–Trinajstić information content (AvgIpc) is 3.17. The van der Waals surface area contributed by atoms with Crippen LogP contribution in [-0.2, 0) is 12.8 Å². The average molecular weight is 517 g/mol. The highest BCUT2D eigenvalue weighted by Crippen LogP contribution is 2.45. The van der Waals surface area contributed by atoms with E-state index in [1.807, 2.05) is 0 Å². The number of nitrogens with one attached hydrogen (secondary N) is 1. The molecule has 1 aliphatic carbocycles. The number of fused-ring (bicyclic) bond motifs is 1. The van der Waals surface area contributed by atoms with E-state index in [-0.39, 0.29) is 17.1 Å². The first-order valence-electron chi connectivity index (χ1n) is 11.4. The lowest BCUT2D eigenvalue weighted by molar-refractivity contribution is -0.0498. The first kappa shape index (κ1) is 25.3. The summed E-state index contributed by atoms with van der Waals surface area (Å²) >= 11 is 7.53. The van der Waals surface area contributed by atoms with E-state index in [9.17, 15) is 13.6 Å². The van der Waals surface area contributed by atoms with Crippen molar-refractivity contribution in [3.8, 4) is 5.75 Å². The number of hydrogen-bond donors (Lipinski definition) is 1. The van der Waals surface area contributed by atoms with Gasteiger partial charge in [0.1, 0.15) is 10.8 Å². The van der Waals surface area contributed by atoms with Crippen LogP contribution in [0.15, 0.2) is 53.5 Å². The third-order valence-corrected chi connectivity index (χ3v) is 7.65. The van der Waals surface area contributed by atoms with Gasteiger partial charge in [0.15, 0.2) is 0 Å². The van der Waals surface area contributed by atoms with Crippen molar-refractivity contribution in [2.75, 3.05) is 5.32 Å². The number of hydrogen-bond acceptors (Lipinski definition) is 4. The van der Waals surface area contributed by atoms with E-state index in [1.165, 1.54) is 17.0 Å². The zero-order chi connectivity index (χ0) is 25.2. The molecule has 35 heavy (non-hydrogen) atoms. The molecule has 0 fully saturated rings. The zero-order valence-electron chi connectivity index (χ0n) is 19.8. The SMILES string of the molecule is CC(C)(C)[C@H]1CCc2c(sc(N=Cc3ccc(OC(F)F)cc3)c2C(=O)Nc2ccc(Cl)cc2)C1. The molecule has 0 unspecified atom stereocenters. The number of benzene rings is 2. The fourth-order valence-corrected chi connectivity index (χ4v) is 5.63. The molecule has 0 bridgehead atoms. The second-order valence-electron chi connectivity index (χ2n) is 9.66. The zero-order valence-corrected chi connectivity index (χ0v) is 21.4. The molecule has 1 atom stereocenters. The molecule has 1 heterocycles. The van der Waals surface area contributed by atoms with Crippen molar-refractivity contribution < 1.29 is 18.3 Å². The monoisotopic (exact) mass is 516 g/mol. The Morgan fingerprint density at radius 3 is 2.49 bits per heavy atom. The van der Waals surface area contributed by atoms with Crippen molar-refractivity contribution in [2.45, 2.75) is 46.6 Å². The van der Waals surface area contributed by atoms with E-state index < -0.39 is 6.61 Å². The standard InChI is InChI=1S/C27H27ClF2N2O2S/c1-27(2,3)17-6-13-21-22(14-17)35-25(23(21)24(33)32-19-9-7-18(28)8-10-19)31-15-16-4-11-20(12-5-16)34-26(29)30/h4-5,7-12,15,17,26H,6,13-14H2,1-3H3,(H,32,33)/t17-/m0/s1. The lowest BCUT2D eigenvalue weighted by Crippen LogP contribution is -2.27. The Morgan fingerprint density at radius 1 is 1.17 bits per heavy atom. The van der Waals surface area contributed by atoms with Crippen LogP contribution in [0.25, 0.3) is 0 Å². The minimum atomic E-state index is -2.87. The summed E-state index contributed by atoms with van der Waals surface area (Å²) < 4.78 is 29.2. The number of carbonyl (C=O) groups excluding carboxylic acids is 1. The first-order valence-corrected chi connectivity index (χ1v) is 12.6. The number of halogens is 3. The van der Waals surface area contributed by atoms with Gasteiger partial charge >= 0.3 is 6.61 Å². The van der Waals surface area contributed by atoms with Crippen LogP contribution in [0.2, 0.25) is 5.02 Å². The predicted molar refractivity (Wildman–Crippen MR) is 139 cm³/mol. The van der Waals surface area contributed by atoms with Gasteiger partial charge in [-0.15, -0.1) is 11.3 Å². The number of aliphatic imine (C=N–C) groups is 1. The van der Waals surface area contributed by atoms with Crippen molar-refractivity contribution in [2.24, 2.45) is 16.3 Å². The van der Waals surface area contributed by atoms with Gasteiger partial charge in [0.05, 0.1) is 5.56 Å². The van der Waals surface area contributed by atoms with Crippen molar-refractivity contribution in [3.63, 3.8) is 0 Å². The highest BCUT2D eigenvalue weighted by molar-refractivity contribution is 7.16. The third-order valence-electron chi connectivity index (χ3n) is 6.24. The van der Waals surface area contributed by atoms with E-state index in [1.54, 1.807) is 53.9 Å². The molecule has 4 rings (SSSR count). The third kappa shape index (κ3) is 6.27. The molecule has 0 saturated carbocycles. The molecule has 2 aromatic carbocycles. The number of carbonyl (C=O) groups is 1. The lowest BCUT2D eigenvalue weighted by Gasteiger charge is -2.33. The molecule has 3 aromatic rings. The number of nitrogens with zero attached hydrogens (tertiary/aromatic N) is 1. The van der Waals surface area contributed by atoms with E-state index in [0.29, 0.717) is 27.2 Å². The Kier molecular flexibility index (Phi) is 7.57. The van der Waals surface area contributed by atoms with Crippen LogP contribution in [0.5, 0.6) is 5.75 Å². The highest BCUT2D eigenvalue weighted by atomic mass is 35.5. The summed E-state index contributed by atoms with van der Waals surface area (Å²) in [5.74, 6) is 0.409. The van der Waals surface area contributed by atoms with Gasteiger partial charge in [-0.1, -0.05) is 32.4 Å². The Labute approximate surface area is 213 Å². The lowest BCUT2D eigenvalue weighted by atomic mass is 9.72. The van der Waals surface area contributed by atoms with Gasteiger partial charge in [0.25, 0.3) is 5.91 Å². The maximum Gasteiger partial charge on any atom is 0.387 e. The molecule has 0 spiro atoms.